The first-order valence-electron chi connectivity index (χ1n) is 14.5. The van der Waals surface area contributed by atoms with Crippen LogP contribution in [0, 0.1) is 23.7 Å². The summed E-state index contributed by atoms with van der Waals surface area (Å²) in [4.78, 5) is 0. The topological polar surface area (TPSA) is 149 Å². The van der Waals surface area contributed by atoms with Crippen molar-refractivity contribution in [2.75, 3.05) is 26.4 Å². The molecule has 42 heavy (non-hydrogen) atoms. The lowest BCUT2D eigenvalue weighted by molar-refractivity contribution is -0.157. The van der Waals surface area contributed by atoms with Crippen LogP contribution >= 0.6 is 0 Å². The predicted molar refractivity (Wildman–Crippen MR) is 151 cm³/mol. The second kappa shape index (κ2) is 12.1. The maximum absolute atomic E-state index is 10.4. The fourth-order valence-electron chi connectivity index (χ4n) is 6.60. The molecule has 9 heteroatoms. The Balaban J connectivity index is 1.31. The second-order valence-corrected chi connectivity index (χ2v) is 11.6. The highest BCUT2D eigenvalue weighted by Gasteiger charge is 2.44. The maximum Gasteiger partial charge on any atom is 0.147 e. The highest BCUT2D eigenvalue weighted by molar-refractivity contribution is 5.82. The number of aliphatic hydroxyl groups is 6. The van der Waals surface area contributed by atoms with Crippen LogP contribution in [0.2, 0.25) is 0 Å². The van der Waals surface area contributed by atoms with Gasteiger partial charge >= 0.3 is 0 Å². The van der Waals surface area contributed by atoms with E-state index in [2.05, 4.69) is 47.9 Å². The van der Waals surface area contributed by atoms with E-state index in [1.54, 1.807) is 0 Å². The van der Waals surface area contributed by atoms with Gasteiger partial charge in [0.2, 0.25) is 0 Å². The van der Waals surface area contributed by atoms with Crippen molar-refractivity contribution in [2.24, 2.45) is 0 Å². The molecule has 3 aliphatic heterocycles. The van der Waals surface area contributed by atoms with Crippen LogP contribution < -0.4 is 0 Å². The van der Waals surface area contributed by atoms with Gasteiger partial charge in [0.1, 0.15) is 24.4 Å². The lowest BCUT2D eigenvalue weighted by atomic mass is 9.72. The van der Waals surface area contributed by atoms with Gasteiger partial charge in [0.25, 0.3) is 0 Å². The molecule has 4 aliphatic rings. The molecular weight excluding hydrogens is 540 g/mol. The Morgan fingerprint density at radius 3 is 1.57 bits per heavy atom. The van der Waals surface area contributed by atoms with Crippen LogP contribution in [0.4, 0.5) is 0 Å². The van der Waals surface area contributed by atoms with Gasteiger partial charge in [-0.2, -0.15) is 0 Å². The van der Waals surface area contributed by atoms with Crippen LogP contribution in [-0.2, 0) is 19.6 Å². The minimum absolute atomic E-state index is 0.156. The number of benzene rings is 2. The zero-order chi connectivity index (χ0) is 29.4. The van der Waals surface area contributed by atoms with Crippen LogP contribution in [0.1, 0.15) is 47.9 Å². The van der Waals surface area contributed by atoms with Gasteiger partial charge in [-0.1, -0.05) is 35.8 Å². The molecule has 3 heterocycles. The molecule has 0 aromatic heterocycles. The molecule has 222 valence electrons. The summed E-state index contributed by atoms with van der Waals surface area (Å²) in [6.07, 6.45) is -5.42. The molecule has 3 fully saturated rings. The first kappa shape index (κ1) is 29.3. The Bertz CT molecular complexity index is 1320. The first-order chi connectivity index (χ1) is 20.3. The van der Waals surface area contributed by atoms with Gasteiger partial charge in [0.15, 0.2) is 0 Å². The fraction of sp³-hybridized carbons (Fsp3) is 0.515. The number of fused-ring (bicyclic) bond motifs is 5. The largest absolute Gasteiger partial charge is 0.394 e. The lowest BCUT2D eigenvalue weighted by Crippen LogP contribution is -2.48. The molecule has 0 bridgehead atoms. The summed E-state index contributed by atoms with van der Waals surface area (Å²) in [5, 5.41) is 60.0. The Kier molecular flexibility index (Phi) is 8.41. The third-order valence-corrected chi connectivity index (χ3v) is 8.93. The molecule has 0 radical (unpaired) electrons. The van der Waals surface area contributed by atoms with E-state index in [1.807, 2.05) is 12.1 Å². The average Bonchev–Trinajstić information content (AvgIpc) is 3.26. The van der Waals surface area contributed by atoms with Crippen molar-refractivity contribution >= 4 is 0 Å². The van der Waals surface area contributed by atoms with E-state index in [1.165, 1.54) is 0 Å². The van der Waals surface area contributed by atoms with Crippen molar-refractivity contribution in [1.82, 2.24) is 0 Å². The summed E-state index contributed by atoms with van der Waals surface area (Å²) in [5.74, 6) is 12.1. The van der Waals surface area contributed by atoms with Gasteiger partial charge in [-0.3, -0.25) is 0 Å². The number of hydrogen-bond donors (Lipinski definition) is 6. The van der Waals surface area contributed by atoms with Crippen LogP contribution in [0.5, 0.6) is 0 Å². The van der Waals surface area contributed by atoms with Crippen LogP contribution in [-0.4, -0.2) is 106 Å². The zero-order valence-corrected chi connectivity index (χ0v) is 23.1. The molecule has 8 atom stereocenters. The van der Waals surface area contributed by atoms with Crippen LogP contribution in [0.25, 0.3) is 11.1 Å². The standard InChI is InChI=1S/C33H36O9/c34-17-21-15-27(36)31(38)29(41-21)7-3-19-1-5-23-24-6-2-20(4-8-30-32(39)28(37)16-22(18-35)42-30)14-26(24)33(25(23)13-19)9-11-40-12-10-33/h1-2,5-6,13-14,21-22,27-32,34-39H,9-12,15-18H2. The minimum atomic E-state index is -1.15. The van der Waals surface area contributed by atoms with Crippen LogP contribution in [0.3, 0.4) is 0 Å². The van der Waals surface area contributed by atoms with Gasteiger partial charge < -0.3 is 44.8 Å². The molecule has 0 saturated carbocycles. The molecule has 1 spiro atoms. The first-order valence-corrected chi connectivity index (χ1v) is 14.5. The third kappa shape index (κ3) is 5.38. The summed E-state index contributed by atoms with van der Waals surface area (Å²) < 4.78 is 17.1. The van der Waals surface area contributed by atoms with Crippen LogP contribution in [0.15, 0.2) is 36.4 Å². The minimum Gasteiger partial charge on any atom is -0.394 e. The Hall–Kier alpha value is -2.80. The van der Waals surface area contributed by atoms with E-state index in [9.17, 15) is 30.6 Å². The van der Waals surface area contributed by atoms with E-state index in [-0.39, 0.29) is 31.5 Å². The SMILES string of the molecule is OCC1CC(O)C(O)C(C#Cc2ccc3c(c2)C2(CCOCC2)c2cc(C#CC4OC(CO)CC(O)C4O)ccc2-3)O1. The van der Waals surface area contributed by atoms with E-state index in [4.69, 9.17) is 14.2 Å². The molecular formula is C33H36O9. The van der Waals surface area contributed by atoms with Gasteiger partial charge in [0.05, 0.1) is 37.6 Å². The molecule has 0 amide bonds. The number of ether oxygens (including phenoxy) is 3. The molecule has 8 unspecified atom stereocenters. The van der Waals surface area contributed by atoms with Gasteiger partial charge in [-0.05, 0) is 59.4 Å². The molecule has 2 aromatic carbocycles. The van der Waals surface area contributed by atoms with Crippen molar-refractivity contribution < 1.29 is 44.8 Å². The van der Waals surface area contributed by atoms with E-state index < -0.39 is 48.8 Å². The molecule has 1 aliphatic carbocycles. The average molecular weight is 577 g/mol. The Labute approximate surface area is 244 Å². The zero-order valence-electron chi connectivity index (χ0n) is 23.1. The summed E-state index contributed by atoms with van der Waals surface area (Å²) in [6, 6.07) is 12.1. The van der Waals surface area contributed by atoms with Gasteiger partial charge in [-0.25, -0.2) is 0 Å². The highest BCUT2D eigenvalue weighted by atomic mass is 16.5. The molecule has 6 N–H and O–H groups in total. The van der Waals surface area contributed by atoms with E-state index in [0.717, 1.165) is 46.2 Å². The molecule has 3 saturated heterocycles. The number of hydrogen-bond acceptors (Lipinski definition) is 9. The Morgan fingerprint density at radius 2 is 1.14 bits per heavy atom. The third-order valence-electron chi connectivity index (χ3n) is 8.93. The van der Waals surface area contributed by atoms with Gasteiger partial charge in [0, 0.05) is 42.6 Å². The summed E-state index contributed by atoms with van der Waals surface area (Å²) in [7, 11) is 0. The van der Waals surface area contributed by atoms with Gasteiger partial charge in [-0.15, -0.1) is 0 Å². The molecule has 6 rings (SSSR count). The summed E-state index contributed by atoms with van der Waals surface area (Å²) >= 11 is 0. The summed E-state index contributed by atoms with van der Waals surface area (Å²) in [5.41, 5.74) is 5.74. The van der Waals surface area contributed by atoms with E-state index >= 15 is 0 Å². The van der Waals surface area contributed by atoms with Crippen molar-refractivity contribution in [1.29, 1.82) is 0 Å². The smallest absolute Gasteiger partial charge is 0.147 e. The number of rotatable bonds is 2. The second-order valence-electron chi connectivity index (χ2n) is 11.6. The maximum atomic E-state index is 10.4. The quantitative estimate of drug-likeness (QED) is 0.276. The lowest BCUT2D eigenvalue weighted by Gasteiger charge is -2.36. The highest BCUT2D eigenvalue weighted by Crippen LogP contribution is 2.54. The fourth-order valence-corrected chi connectivity index (χ4v) is 6.60. The van der Waals surface area contributed by atoms with Crippen molar-refractivity contribution in [2.45, 2.75) is 79.9 Å². The summed E-state index contributed by atoms with van der Waals surface area (Å²) in [6.45, 7) is 0.705. The molecule has 2 aromatic rings. The normalized spacial score (nSPS) is 33.1. The monoisotopic (exact) mass is 576 g/mol. The molecule has 9 nitrogen and oxygen atoms in total. The van der Waals surface area contributed by atoms with Crippen molar-refractivity contribution in [3.8, 4) is 34.8 Å². The Morgan fingerprint density at radius 1 is 0.690 bits per heavy atom. The van der Waals surface area contributed by atoms with Crippen molar-refractivity contribution in [3.63, 3.8) is 0 Å². The number of aliphatic hydroxyl groups excluding tert-OH is 6. The predicted octanol–water partition coefficient (Wildman–Crippen LogP) is 0.210. The van der Waals surface area contributed by atoms with E-state index in [0.29, 0.717) is 13.2 Å². The van der Waals surface area contributed by atoms with Crippen molar-refractivity contribution in [3.05, 3.63) is 58.7 Å².